The molecule has 0 aliphatic carbocycles. The van der Waals surface area contributed by atoms with E-state index in [0.717, 1.165) is 25.3 Å². The first kappa shape index (κ1) is 10.1. The average molecular weight is 252 g/mol. The molecule has 3 nitrogen and oxygen atoms in total. The summed E-state index contributed by atoms with van der Waals surface area (Å²) in [4.78, 5) is 11.9. The summed E-state index contributed by atoms with van der Waals surface area (Å²) in [6.45, 7) is 1.92. The van der Waals surface area contributed by atoms with E-state index >= 15 is 0 Å². The van der Waals surface area contributed by atoms with Crippen LogP contribution < -0.4 is 4.90 Å². The number of anilines is 1. The van der Waals surface area contributed by atoms with Crippen LogP contribution in [0.25, 0.3) is 0 Å². The Balaban J connectivity index is 1.88. The van der Waals surface area contributed by atoms with Gasteiger partial charge >= 0.3 is 0 Å². The second-order valence-corrected chi connectivity index (χ2v) is 5.13. The van der Waals surface area contributed by atoms with Crippen molar-refractivity contribution in [2.75, 3.05) is 11.4 Å². The Labute approximate surface area is 103 Å². The van der Waals surface area contributed by atoms with E-state index in [4.69, 9.17) is 11.6 Å². The molecule has 0 saturated heterocycles. The molecule has 0 spiro atoms. The largest absolute Gasteiger partial charge is 0.352 e. The maximum Gasteiger partial charge on any atom is 0.134 e. The molecule has 3 rings (SSSR count). The molecule has 0 saturated carbocycles. The highest BCUT2D eigenvalue weighted by molar-refractivity contribution is 7.10. The Morgan fingerprint density at radius 1 is 1.38 bits per heavy atom. The predicted molar refractivity (Wildman–Crippen MR) is 66.1 cm³/mol. The van der Waals surface area contributed by atoms with Gasteiger partial charge in [0.25, 0.3) is 0 Å². The molecule has 2 aromatic rings. The van der Waals surface area contributed by atoms with Crippen LogP contribution in [-0.2, 0) is 13.0 Å². The van der Waals surface area contributed by atoms with Crippen molar-refractivity contribution in [3.8, 4) is 0 Å². The van der Waals surface area contributed by atoms with Crippen LogP contribution in [0.4, 0.5) is 5.82 Å². The molecule has 2 aromatic heterocycles. The van der Waals surface area contributed by atoms with Crippen LogP contribution in [0.15, 0.2) is 23.8 Å². The lowest BCUT2D eigenvalue weighted by molar-refractivity contribution is 0.730. The smallest absolute Gasteiger partial charge is 0.134 e. The van der Waals surface area contributed by atoms with Crippen LogP contribution in [0.5, 0.6) is 0 Å². The van der Waals surface area contributed by atoms with Gasteiger partial charge in [-0.2, -0.15) is 0 Å². The van der Waals surface area contributed by atoms with Gasteiger partial charge in [-0.05, 0) is 23.4 Å². The zero-order valence-electron chi connectivity index (χ0n) is 8.56. The Kier molecular flexibility index (Phi) is 2.53. The molecule has 1 aliphatic heterocycles. The van der Waals surface area contributed by atoms with Gasteiger partial charge < -0.3 is 4.90 Å². The van der Waals surface area contributed by atoms with Gasteiger partial charge in [-0.1, -0.05) is 11.6 Å². The van der Waals surface area contributed by atoms with Gasteiger partial charge in [-0.25, -0.2) is 9.97 Å². The van der Waals surface area contributed by atoms with Crippen molar-refractivity contribution in [2.24, 2.45) is 0 Å². The van der Waals surface area contributed by atoms with Crippen molar-refractivity contribution >= 4 is 28.8 Å². The minimum atomic E-state index is 0.501. The van der Waals surface area contributed by atoms with E-state index in [1.165, 1.54) is 16.8 Å². The monoisotopic (exact) mass is 251 g/mol. The van der Waals surface area contributed by atoms with E-state index in [1.54, 1.807) is 0 Å². The van der Waals surface area contributed by atoms with Crippen LogP contribution >= 0.6 is 22.9 Å². The van der Waals surface area contributed by atoms with Gasteiger partial charge in [0.1, 0.15) is 17.3 Å². The third-order valence-electron chi connectivity index (χ3n) is 2.75. The van der Waals surface area contributed by atoms with Crippen molar-refractivity contribution in [3.63, 3.8) is 0 Å². The second kappa shape index (κ2) is 4.03. The summed E-state index contributed by atoms with van der Waals surface area (Å²) in [5.41, 5.74) is 1.41. The van der Waals surface area contributed by atoms with Gasteiger partial charge in [0.2, 0.25) is 0 Å². The zero-order chi connectivity index (χ0) is 11.0. The molecule has 3 heterocycles. The lowest BCUT2D eigenvalue weighted by Gasteiger charge is -2.27. The standard InChI is InChI=1S/C11H10ClN3S/c12-10-5-11(14-7-13-10)15-3-1-9-8(6-15)2-4-16-9/h2,4-5,7H,1,3,6H2. The summed E-state index contributed by atoms with van der Waals surface area (Å²) in [5.74, 6) is 0.914. The average Bonchev–Trinajstić information content (AvgIpc) is 2.75. The Bertz CT molecular complexity index is 511. The fourth-order valence-corrected chi connectivity index (χ4v) is 2.97. The third kappa shape index (κ3) is 1.79. The maximum absolute atomic E-state index is 5.87. The van der Waals surface area contributed by atoms with Crippen LogP contribution in [0.1, 0.15) is 10.4 Å². The minimum Gasteiger partial charge on any atom is -0.352 e. The Morgan fingerprint density at radius 2 is 2.31 bits per heavy atom. The van der Waals surface area contributed by atoms with E-state index < -0.39 is 0 Å². The topological polar surface area (TPSA) is 29.0 Å². The number of halogens is 1. The van der Waals surface area contributed by atoms with Crippen LogP contribution in [-0.4, -0.2) is 16.5 Å². The second-order valence-electron chi connectivity index (χ2n) is 3.74. The SMILES string of the molecule is Clc1cc(N2CCc3sccc3C2)ncn1. The molecule has 0 bridgehead atoms. The van der Waals surface area contributed by atoms with E-state index in [2.05, 4.69) is 26.3 Å². The fourth-order valence-electron chi connectivity index (χ4n) is 1.94. The molecule has 0 radical (unpaired) electrons. The molecular weight excluding hydrogens is 242 g/mol. The highest BCUT2D eigenvalue weighted by atomic mass is 35.5. The maximum atomic E-state index is 5.87. The summed E-state index contributed by atoms with van der Waals surface area (Å²) in [7, 11) is 0. The van der Waals surface area contributed by atoms with Crippen molar-refractivity contribution in [1.82, 2.24) is 9.97 Å². The summed E-state index contributed by atoms with van der Waals surface area (Å²) in [6, 6.07) is 4.01. The molecule has 0 atom stereocenters. The molecule has 5 heteroatoms. The van der Waals surface area contributed by atoms with Crippen LogP contribution in [0, 0.1) is 0 Å². The predicted octanol–water partition coefficient (Wildman–Crippen LogP) is 2.75. The number of nitrogens with zero attached hydrogens (tertiary/aromatic N) is 3. The molecule has 16 heavy (non-hydrogen) atoms. The first-order valence-electron chi connectivity index (χ1n) is 5.10. The molecule has 0 fully saturated rings. The summed E-state index contributed by atoms with van der Waals surface area (Å²) in [5, 5.41) is 2.65. The highest BCUT2D eigenvalue weighted by Gasteiger charge is 2.18. The summed E-state index contributed by atoms with van der Waals surface area (Å²) >= 11 is 7.71. The first-order chi connectivity index (χ1) is 7.83. The fraction of sp³-hybridized carbons (Fsp3) is 0.273. The van der Waals surface area contributed by atoms with Crippen molar-refractivity contribution in [3.05, 3.63) is 39.4 Å². The molecule has 0 unspecified atom stereocenters. The molecule has 82 valence electrons. The van der Waals surface area contributed by atoms with Gasteiger partial charge in [0, 0.05) is 24.0 Å². The quantitative estimate of drug-likeness (QED) is 0.730. The van der Waals surface area contributed by atoms with Crippen molar-refractivity contribution in [1.29, 1.82) is 0 Å². The first-order valence-corrected chi connectivity index (χ1v) is 6.36. The van der Waals surface area contributed by atoms with Gasteiger partial charge in [0.15, 0.2) is 0 Å². The number of fused-ring (bicyclic) bond motifs is 1. The number of hydrogen-bond donors (Lipinski definition) is 0. The number of aromatic nitrogens is 2. The number of thiophene rings is 1. The van der Waals surface area contributed by atoms with E-state index in [1.807, 2.05) is 17.4 Å². The number of rotatable bonds is 1. The lowest BCUT2D eigenvalue weighted by atomic mass is 10.1. The number of hydrogen-bond acceptors (Lipinski definition) is 4. The molecular formula is C11H10ClN3S. The van der Waals surface area contributed by atoms with Crippen LogP contribution in [0.2, 0.25) is 5.15 Å². The molecule has 1 aliphatic rings. The van der Waals surface area contributed by atoms with Crippen LogP contribution in [0.3, 0.4) is 0 Å². The zero-order valence-corrected chi connectivity index (χ0v) is 10.1. The van der Waals surface area contributed by atoms with Crippen molar-refractivity contribution < 1.29 is 0 Å². The highest BCUT2D eigenvalue weighted by Crippen LogP contribution is 2.27. The Morgan fingerprint density at radius 3 is 3.19 bits per heavy atom. The molecule has 0 amide bonds. The molecule has 0 aromatic carbocycles. The van der Waals surface area contributed by atoms with E-state index in [0.29, 0.717) is 5.15 Å². The van der Waals surface area contributed by atoms with Gasteiger partial charge in [-0.15, -0.1) is 11.3 Å². The Hall–Kier alpha value is -1.13. The van der Waals surface area contributed by atoms with E-state index in [9.17, 15) is 0 Å². The van der Waals surface area contributed by atoms with Gasteiger partial charge in [-0.3, -0.25) is 0 Å². The molecule has 0 N–H and O–H groups in total. The summed E-state index contributed by atoms with van der Waals surface area (Å²) < 4.78 is 0. The normalized spacial score (nSPS) is 14.9. The third-order valence-corrected chi connectivity index (χ3v) is 3.98. The van der Waals surface area contributed by atoms with Crippen molar-refractivity contribution in [2.45, 2.75) is 13.0 Å². The lowest BCUT2D eigenvalue weighted by Crippen LogP contribution is -2.30. The van der Waals surface area contributed by atoms with Gasteiger partial charge in [0.05, 0.1) is 0 Å². The van der Waals surface area contributed by atoms with E-state index in [-0.39, 0.29) is 0 Å². The summed E-state index contributed by atoms with van der Waals surface area (Å²) in [6.07, 6.45) is 2.61. The minimum absolute atomic E-state index is 0.501.